The lowest BCUT2D eigenvalue weighted by Crippen LogP contribution is -2.30. The van der Waals surface area contributed by atoms with Crippen LogP contribution in [0.4, 0.5) is 0 Å². The van der Waals surface area contributed by atoms with Gasteiger partial charge in [-0.05, 0) is 18.1 Å². The molecule has 2 aromatic rings. The number of hydrogen-bond acceptors (Lipinski definition) is 2. The Kier molecular flexibility index (Phi) is 4.11. The fourth-order valence-electron chi connectivity index (χ4n) is 1.96. The first-order valence-corrected chi connectivity index (χ1v) is 6.07. The molecule has 0 fully saturated rings. The standard InChI is InChI=1S/C16H16N2/c1-13(12-17)18-16(14-8-4-2-5-9-14)15-10-6-3-7-11-15/h2-11,13,16,18H,1H3. The number of hydrogen-bond donors (Lipinski definition) is 1. The van der Waals surface area contributed by atoms with E-state index in [0.29, 0.717) is 0 Å². The average molecular weight is 236 g/mol. The van der Waals surface area contributed by atoms with E-state index in [1.165, 1.54) is 11.1 Å². The topological polar surface area (TPSA) is 35.8 Å². The molecule has 2 rings (SSSR count). The van der Waals surface area contributed by atoms with E-state index in [4.69, 9.17) is 5.26 Å². The van der Waals surface area contributed by atoms with Gasteiger partial charge in [0.05, 0.1) is 18.2 Å². The molecule has 0 aliphatic rings. The predicted molar refractivity (Wildman–Crippen MR) is 72.9 cm³/mol. The molecule has 90 valence electrons. The van der Waals surface area contributed by atoms with Gasteiger partial charge in [-0.25, -0.2) is 0 Å². The fraction of sp³-hybridized carbons (Fsp3) is 0.188. The van der Waals surface area contributed by atoms with Crippen LogP contribution in [-0.2, 0) is 0 Å². The Hall–Kier alpha value is -2.11. The quantitative estimate of drug-likeness (QED) is 0.884. The predicted octanol–water partition coefficient (Wildman–Crippen LogP) is 3.28. The average Bonchev–Trinajstić information content (AvgIpc) is 2.46. The Morgan fingerprint density at radius 3 is 1.72 bits per heavy atom. The molecular formula is C16H16N2. The minimum Gasteiger partial charge on any atom is -0.291 e. The minimum atomic E-state index is -0.185. The maximum atomic E-state index is 8.96. The van der Waals surface area contributed by atoms with Crippen molar-refractivity contribution in [2.45, 2.75) is 19.0 Å². The van der Waals surface area contributed by atoms with Crippen LogP contribution < -0.4 is 5.32 Å². The van der Waals surface area contributed by atoms with Crippen molar-refractivity contribution in [3.8, 4) is 6.07 Å². The van der Waals surface area contributed by atoms with Crippen LogP contribution in [0, 0.1) is 11.3 Å². The summed E-state index contributed by atoms with van der Waals surface area (Å²) in [5.41, 5.74) is 2.34. The molecule has 0 aromatic heterocycles. The van der Waals surface area contributed by atoms with Crippen molar-refractivity contribution < 1.29 is 0 Å². The molecule has 0 aliphatic heterocycles. The molecule has 2 aromatic carbocycles. The van der Waals surface area contributed by atoms with Crippen LogP contribution in [0.5, 0.6) is 0 Å². The maximum absolute atomic E-state index is 8.96. The van der Waals surface area contributed by atoms with Crippen LogP contribution in [0.1, 0.15) is 24.1 Å². The molecule has 18 heavy (non-hydrogen) atoms. The minimum absolute atomic E-state index is 0.0575. The first kappa shape index (κ1) is 12.3. The summed E-state index contributed by atoms with van der Waals surface area (Å²) < 4.78 is 0. The molecule has 1 unspecified atom stereocenters. The van der Waals surface area contributed by atoms with Crippen LogP contribution >= 0.6 is 0 Å². The van der Waals surface area contributed by atoms with E-state index in [1.54, 1.807) is 0 Å². The summed E-state index contributed by atoms with van der Waals surface area (Å²) in [4.78, 5) is 0. The van der Waals surface area contributed by atoms with Gasteiger partial charge < -0.3 is 0 Å². The van der Waals surface area contributed by atoms with E-state index in [1.807, 2.05) is 43.3 Å². The molecule has 1 atom stereocenters. The SMILES string of the molecule is CC(C#N)NC(c1ccccc1)c1ccccc1. The Balaban J connectivity index is 2.33. The summed E-state index contributed by atoms with van der Waals surface area (Å²) in [6.45, 7) is 1.87. The second kappa shape index (κ2) is 6.00. The molecule has 0 amide bonds. The summed E-state index contributed by atoms with van der Waals surface area (Å²) in [7, 11) is 0. The third kappa shape index (κ3) is 2.97. The highest BCUT2D eigenvalue weighted by Crippen LogP contribution is 2.22. The van der Waals surface area contributed by atoms with Gasteiger partial charge in [-0.3, -0.25) is 5.32 Å². The first-order valence-electron chi connectivity index (χ1n) is 6.07. The lowest BCUT2D eigenvalue weighted by molar-refractivity contribution is 0.569. The van der Waals surface area contributed by atoms with Crippen molar-refractivity contribution in [1.29, 1.82) is 5.26 Å². The smallest absolute Gasteiger partial charge is 0.0931 e. The highest BCUT2D eigenvalue weighted by atomic mass is 14.9. The van der Waals surface area contributed by atoms with E-state index >= 15 is 0 Å². The number of benzene rings is 2. The molecule has 0 saturated heterocycles. The zero-order chi connectivity index (χ0) is 12.8. The van der Waals surface area contributed by atoms with Crippen molar-refractivity contribution in [2.24, 2.45) is 0 Å². The number of nitrogens with one attached hydrogen (secondary N) is 1. The van der Waals surface area contributed by atoms with Crippen LogP contribution in [0.25, 0.3) is 0 Å². The third-order valence-electron chi connectivity index (χ3n) is 2.88. The summed E-state index contributed by atoms with van der Waals surface area (Å²) in [6.07, 6.45) is 0. The van der Waals surface area contributed by atoms with Gasteiger partial charge in [0.1, 0.15) is 0 Å². The Bertz CT molecular complexity index is 474. The van der Waals surface area contributed by atoms with Crippen LogP contribution in [0.2, 0.25) is 0 Å². The van der Waals surface area contributed by atoms with Gasteiger partial charge >= 0.3 is 0 Å². The summed E-state index contributed by atoms with van der Waals surface area (Å²) >= 11 is 0. The first-order chi connectivity index (χ1) is 8.81. The van der Waals surface area contributed by atoms with Crippen molar-refractivity contribution in [3.63, 3.8) is 0 Å². The molecule has 0 aliphatic carbocycles. The zero-order valence-electron chi connectivity index (χ0n) is 10.4. The van der Waals surface area contributed by atoms with E-state index in [0.717, 1.165) is 0 Å². The van der Waals surface area contributed by atoms with Gasteiger partial charge in [-0.15, -0.1) is 0 Å². The van der Waals surface area contributed by atoms with Crippen molar-refractivity contribution in [2.75, 3.05) is 0 Å². The molecule has 2 nitrogen and oxygen atoms in total. The zero-order valence-corrected chi connectivity index (χ0v) is 10.4. The molecule has 2 heteroatoms. The molecular weight excluding hydrogens is 220 g/mol. The van der Waals surface area contributed by atoms with Gasteiger partial charge in [-0.1, -0.05) is 60.7 Å². The molecule has 0 bridgehead atoms. The molecule has 0 heterocycles. The summed E-state index contributed by atoms with van der Waals surface area (Å²) in [5.74, 6) is 0. The second-order valence-corrected chi connectivity index (χ2v) is 4.27. The van der Waals surface area contributed by atoms with Crippen molar-refractivity contribution in [3.05, 3.63) is 71.8 Å². The van der Waals surface area contributed by atoms with Crippen LogP contribution in [-0.4, -0.2) is 6.04 Å². The van der Waals surface area contributed by atoms with E-state index in [9.17, 15) is 0 Å². The molecule has 0 radical (unpaired) electrons. The van der Waals surface area contributed by atoms with Gasteiger partial charge in [0.2, 0.25) is 0 Å². The highest BCUT2D eigenvalue weighted by Gasteiger charge is 2.15. The van der Waals surface area contributed by atoms with Crippen LogP contribution in [0.3, 0.4) is 0 Å². The van der Waals surface area contributed by atoms with Crippen molar-refractivity contribution in [1.82, 2.24) is 5.32 Å². The van der Waals surface area contributed by atoms with Gasteiger partial charge in [0.25, 0.3) is 0 Å². The number of nitrogens with zero attached hydrogens (tertiary/aromatic N) is 1. The third-order valence-corrected chi connectivity index (χ3v) is 2.88. The lowest BCUT2D eigenvalue weighted by Gasteiger charge is -2.21. The Labute approximate surface area is 108 Å². The van der Waals surface area contributed by atoms with E-state index in [2.05, 4.69) is 35.7 Å². The van der Waals surface area contributed by atoms with Gasteiger partial charge in [0, 0.05) is 0 Å². The highest BCUT2D eigenvalue weighted by molar-refractivity contribution is 5.31. The Morgan fingerprint density at radius 1 is 0.889 bits per heavy atom. The molecule has 0 saturated carbocycles. The number of rotatable bonds is 4. The second-order valence-electron chi connectivity index (χ2n) is 4.27. The molecule has 1 N–H and O–H groups in total. The Morgan fingerprint density at radius 2 is 1.33 bits per heavy atom. The van der Waals surface area contributed by atoms with Crippen molar-refractivity contribution >= 4 is 0 Å². The van der Waals surface area contributed by atoms with Gasteiger partial charge in [0.15, 0.2) is 0 Å². The maximum Gasteiger partial charge on any atom is 0.0931 e. The normalized spacial score (nSPS) is 12.1. The number of nitriles is 1. The summed E-state index contributed by atoms with van der Waals surface area (Å²) in [6, 6.07) is 22.5. The van der Waals surface area contributed by atoms with E-state index < -0.39 is 0 Å². The molecule has 0 spiro atoms. The fourth-order valence-corrected chi connectivity index (χ4v) is 1.96. The lowest BCUT2D eigenvalue weighted by atomic mass is 9.98. The monoisotopic (exact) mass is 236 g/mol. The van der Waals surface area contributed by atoms with Crippen LogP contribution in [0.15, 0.2) is 60.7 Å². The van der Waals surface area contributed by atoms with E-state index in [-0.39, 0.29) is 12.1 Å². The van der Waals surface area contributed by atoms with Gasteiger partial charge in [-0.2, -0.15) is 5.26 Å². The largest absolute Gasteiger partial charge is 0.291 e. The summed E-state index contributed by atoms with van der Waals surface area (Å²) in [5, 5.41) is 12.3.